The standard InChI is InChI=1S/C19H32N4O/c1-19(2,3)17(20)18(24)21-14-10-12-23(13-11-14)16-8-6-15(7-9-16)22(4)5/h6-9,14,17H,10-13,20H2,1-5H3,(H,21,24)/t17-/m1/s1. The molecule has 1 heterocycles. The van der Waals surface area contributed by atoms with Crippen molar-refractivity contribution >= 4 is 17.3 Å². The van der Waals surface area contributed by atoms with Gasteiger partial charge in [-0.1, -0.05) is 20.8 Å². The number of carbonyl (C=O) groups excluding carboxylic acids is 1. The first kappa shape index (κ1) is 18.6. The first-order chi connectivity index (χ1) is 11.2. The summed E-state index contributed by atoms with van der Waals surface area (Å²) in [4.78, 5) is 16.7. The molecule has 5 nitrogen and oxygen atoms in total. The van der Waals surface area contributed by atoms with Crippen LogP contribution in [-0.4, -0.2) is 45.2 Å². The number of nitrogens with two attached hydrogens (primary N) is 1. The fourth-order valence-corrected chi connectivity index (χ4v) is 2.93. The third-order valence-electron chi connectivity index (χ3n) is 4.79. The molecule has 2 rings (SSSR count). The number of nitrogens with one attached hydrogen (secondary N) is 1. The molecule has 5 heteroatoms. The number of carbonyl (C=O) groups is 1. The molecular formula is C19H32N4O. The topological polar surface area (TPSA) is 61.6 Å². The van der Waals surface area contributed by atoms with Gasteiger partial charge in [-0.05, 0) is 42.5 Å². The smallest absolute Gasteiger partial charge is 0.237 e. The van der Waals surface area contributed by atoms with E-state index in [1.54, 1.807) is 0 Å². The molecule has 1 aromatic rings. The van der Waals surface area contributed by atoms with E-state index in [0.717, 1.165) is 25.9 Å². The molecular weight excluding hydrogens is 300 g/mol. The van der Waals surface area contributed by atoms with Gasteiger partial charge >= 0.3 is 0 Å². The van der Waals surface area contributed by atoms with E-state index in [2.05, 4.69) is 39.4 Å². The molecule has 0 unspecified atom stereocenters. The molecule has 0 aromatic heterocycles. The first-order valence-electron chi connectivity index (χ1n) is 8.77. The second kappa shape index (κ2) is 7.43. The van der Waals surface area contributed by atoms with Crippen LogP contribution in [0.1, 0.15) is 33.6 Å². The molecule has 1 aliphatic rings. The Morgan fingerprint density at radius 3 is 2.21 bits per heavy atom. The van der Waals surface area contributed by atoms with Crippen LogP contribution < -0.4 is 20.9 Å². The Balaban J connectivity index is 1.86. The Kier molecular flexibility index (Phi) is 5.75. The molecule has 0 bridgehead atoms. The number of nitrogens with zero attached hydrogens (tertiary/aromatic N) is 2. The summed E-state index contributed by atoms with van der Waals surface area (Å²) in [5.41, 5.74) is 8.29. The van der Waals surface area contributed by atoms with Crippen LogP contribution in [-0.2, 0) is 4.79 Å². The molecule has 0 aliphatic carbocycles. The number of anilines is 2. The zero-order valence-electron chi connectivity index (χ0n) is 15.7. The van der Waals surface area contributed by atoms with Crippen LogP contribution in [0, 0.1) is 5.41 Å². The van der Waals surface area contributed by atoms with Gasteiger partial charge in [-0.2, -0.15) is 0 Å². The van der Waals surface area contributed by atoms with E-state index in [9.17, 15) is 4.79 Å². The normalized spacial score (nSPS) is 17.5. The van der Waals surface area contributed by atoms with Crippen LogP contribution in [0.5, 0.6) is 0 Å². The number of amides is 1. The minimum atomic E-state index is -0.464. The lowest BCUT2D eigenvalue weighted by Gasteiger charge is -2.35. The fraction of sp³-hybridized carbons (Fsp3) is 0.632. The molecule has 0 saturated carbocycles. The highest BCUT2D eigenvalue weighted by molar-refractivity contribution is 5.82. The molecule has 1 saturated heterocycles. The van der Waals surface area contributed by atoms with E-state index in [1.165, 1.54) is 11.4 Å². The van der Waals surface area contributed by atoms with Gasteiger partial charge < -0.3 is 20.9 Å². The van der Waals surface area contributed by atoms with Crippen LogP contribution in [0.25, 0.3) is 0 Å². The lowest BCUT2D eigenvalue weighted by molar-refractivity contribution is -0.125. The molecule has 24 heavy (non-hydrogen) atoms. The van der Waals surface area contributed by atoms with Crippen molar-refractivity contribution in [2.45, 2.75) is 45.7 Å². The summed E-state index contributed by atoms with van der Waals surface area (Å²) in [5.74, 6) is -0.0312. The third-order valence-corrected chi connectivity index (χ3v) is 4.79. The largest absolute Gasteiger partial charge is 0.378 e. The van der Waals surface area contributed by atoms with Gasteiger partial charge in [0.1, 0.15) is 0 Å². The van der Waals surface area contributed by atoms with Crippen molar-refractivity contribution in [1.29, 1.82) is 0 Å². The maximum absolute atomic E-state index is 12.3. The summed E-state index contributed by atoms with van der Waals surface area (Å²) in [7, 11) is 4.09. The highest BCUT2D eigenvalue weighted by Crippen LogP contribution is 2.23. The average Bonchev–Trinajstić information content (AvgIpc) is 2.54. The van der Waals surface area contributed by atoms with Crippen molar-refractivity contribution in [2.75, 3.05) is 37.0 Å². The van der Waals surface area contributed by atoms with Gasteiger partial charge in [0.05, 0.1) is 6.04 Å². The molecule has 1 aromatic carbocycles. The zero-order valence-corrected chi connectivity index (χ0v) is 15.7. The van der Waals surface area contributed by atoms with Crippen molar-refractivity contribution in [3.63, 3.8) is 0 Å². The first-order valence-corrected chi connectivity index (χ1v) is 8.77. The van der Waals surface area contributed by atoms with Gasteiger partial charge in [0.25, 0.3) is 0 Å². The summed E-state index contributed by atoms with van der Waals surface area (Å²) in [6, 6.07) is 8.39. The predicted molar refractivity (Wildman–Crippen MR) is 102 cm³/mol. The van der Waals surface area contributed by atoms with Crippen LogP contribution in [0.2, 0.25) is 0 Å². The van der Waals surface area contributed by atoms with Crippen molar-refractivity contribution < 1.29 is 4.79 Å². The molecule has 1 fully saturated rings. The molecule has 1 aliphatic heterocycles. The highest BCUT2D eigenvalue weighted by atomic mass is 16.2. The van der Waals surface area contributed by atoms with Crippen molar-refractivity contribution in [3.8, 4) is 0 Å². The summed E-state index contributed by atoms with van der Waals surface area (Å²) >= 11 is 0. The molecule has 1 amide bonds. The van der Waals surface area contributed by atoms with E-state index >= 15 is 0 Å². The lowest BCUT2D eigenvalue weighted by Crippen LogP contribution is -2.53. The summed E-state index contributed by atoms with van der Waals surface area (Å²) in [5, 5.41) is 3.12. The summed E-state index contributed by atoms with van der Waals surface area (Å²) in [6.45, 7) is 7.90. The van der Waals surface area contributed by atoms with Crippen molar-refractivity contribution in [2.24, 2.45) is 11.1 Å². The van der Waals surface area contributed by atoms with Crippen molar-refractivity contribution in [3.05, 3.63) is 24.3 Å². The fourth-order valence-electron chi connectivity index (χ4n) is 2.93. The Bertz CT molecular complexity index is 539. The van der Waals surface area contributed by atoms with E-state index in [4.69, 9.17) is 5.73 Å². The van der Waals surface area contributed by atoms with Gasteiger partial charge in [-0.15, -0.1) is 0 Å². The second-order valence-corrected chi connectivity index (χ2v) is 8.02. The monoisotopic (exact) mass is 332 g/mol. The second-order valence-electron chi connectivity index (χ2n) is 8.02. The average molecular weight is 332 g/mol. The van der Waals surface area contributed by atoms with Crippen LogP contribution in [0.15, 0.2) is 24.3 Å². The zero-order chi connectivity index (χ0) is 17.9. The number of piperidine rings is 1. The van der Waals surface area contributed by atoms with Gasteiger partial charge in [0.2, 0.25) is 5.91 Å². The Morgan fingerprint density at radius 1 is 1.21 bits per heavy atom. The lowest BCUT2D eigenvalue weighted by atomic mass is 9.86. The van der Waals surface area contributed by atoms with Crippen molar-refractivity contribution in [1.82, 2.24) is 5.32 Å². The van der Waals surface area contributed by atoms with E-state index < -0.39 is 6.04 Å². The molecule has 1 atom stereocenters. The Labute approximate surface area is 146 Å². The maximum atomic E-state index is 12.3. The SMILES string of the molecule is CN(C)c1ccc(N2CCC(NC(=O)[C@@H](N)C(C)(C)C)CC2)cc1. The van der Waals surface area contributed by atoms with Crippen LogP contribution in [0.3, 0.4) is 0 Å². The minimum absolute atomic E-state index is 0.0312. The van der Waals surface area contributed by atoms with Gasteiger partial charge in [0.15, 0.2) is 0 Å². The van der Waals surface area contributed by atoms with Gasteiger partial charge in [0, 0.05) is 44.6 Å². The van der Waals surface area contributed by atoms with Crippen LogP contribution >= 0.6 is 0 Å². The number of hydrogen-bond acceptors (Lipinski definition) is 4. The maximum Gasteiger partial charge on any atom is 0.237 e. The Morgan fingerprint density at radius 2 is 1.75 bits per heavy atom. The predicted octanol–water partition coefficient (Wildman–Crippen LogP) is 2.21. The number of benzene rings is 1. The van der Waals surface area contributed by atoms with Gasteiger partial charge in [-0.3, -0.25) is 4.79 Å². The molecule has 134 valence electrons. The number of rotatable bonds is 4. The van der Waals surface area contributed by atoms with E-state index in [-0.39, 0.29) is 17.4 Å². The summed E-state index contributed by atoms with van der Waals surface area (Å²) in [6.07, 6.45) is 1.91. The third kappa shape index (κ3) is 4.63. The summed E-state index contributed by atoms with van der Waals surface area (Å²) < 4.78 is 0. The van der Waals surface area contributed by atoms with E-state index in [1.807, 2.05) is 34.9 Å². The minimum Gasteiger partial charge on any atom is -0.378 e. The molecule has 3 N–H and O–H groups in total. The number of hydrogen-bond donors (Lipinski definition) is 2. The Hall–Kier alpha value is -1.75. The highest BCUT2D eigenvalue weighted by Gasteiger charge is 2.29. The van der Waals surface area contributed by atoms with Crippen LogP contribution in [0.4, 0.5) is 11.4 Å². The van der Waals surface area contributed by atoms with E-state index in [0.29, 0.717) is 0 Å². The quantitative estimate of drug-likeness (QED) is 0.887. The van der Waals surface area contributed by atoms with Gasteiger partial charge in [-0.25, -0.2) is 0 Å². The molecule has 0 spiro atoms. The molecule has 0 radical (unpaired) electrons.